The zero-order valence-corrected chi connectivity index (χ0v) is 8.57. The number of benzene rings is 1. The van der Waals surface area contributed by atoms with Crippen molar-refractivity contribution in [3.8, 4) is 5.75 Å². The van der Waals surface area contributed by atoms with Crippen molar-refractivity contribution in [1.82, 2.24) is 0 Å². The highest BCUT2D eigenvalue weighted by Gasteiger charge is 1.93. The summed E-state index contributed by atoms with van der Waals surface area (Å²) in [5.41, 5.74) is 6.62. The minimum atomic E-state index is 0.558. The van der Waals surface area contributed by atoms with Crippen LogP contribution in [0, 0.1) is 0 Å². The second kappa shape index (κ2) is 6.22. The summed E-state index contributed by atoms with van der Waals surface area (Å²) in [6.07, 6.45) is 5.16. The summed E-state index contributed by atoms with van der Waals surface area (Å²) in [7, 11) is 0. The summed E-state index contributed by atoms with van der Waals surface area (Å²) in [4.78, 5) is 0. The van der Waals surface area contributed by atoms with Crippen LogP contribution in [0.5, 0.6) is 5.75 Å². The topological polar surface area (TPSA) is 35.2 Å². The lowest BCUT2D eigenvalue weighted by molar-refractivity contribution is 0.362. The highest BCUT2D eigenvalue weighted by molar-refractivity contribution is 5.28. The number of allylic oxidation sites excluding steroid dienone is 1. The summed E-state index contributed by atoms with van der Waals surface area (Å²) in [6.45, 7) is 3.29. The molecule has 1 aromatic carbocycles. The molecular weight excluding hydrogens is 174 g/mol. The SMILES string of the molecule is CCC=CCOc1cccc(CN)c1. The molecule has 0 heterocycles. The third-order valence-electron chi connectivity index (χ3n) is 1.88. The molecule has 76 valence electrons. The molecule has 0 atom stereocenters. The maximum absolute atomic E-state index is 5.53. The Morgan fingerprint density at radius 1 is 1.36 bits per heavy atom. The number of nitrogens with two attached hydrogens (primary N) is 1. The number of ether oxygens (including phenoxy) is 1. The molecule has 14 heavy (non-hydrogen) atoms. The lowest BCUT2D eigenvalue weighted by atomic mass is 10.2. The predicted molar refractivity (Wildman–Crippen MR) is 59.3 cm³/mol. The van der Waals surface area contributed by atoms with Gasteiger partial charge in [-0.2, -0.15) is 0 Å². The Morgan fingerprint density at radius 2 is 2.21 bits per heavy atom. The lowest BCUT2D eigenvalue weighted by Gasteiger charge is -2.04. The molecular formula is C12H17NO. The van der Waals surface area contributed by atoms with Gasteiger partial charge in [0.25, 0.3) is 0 Å². The van der Waals surface area contributed by atoms with Gasteiger partial charge in [-0.05, 0) is 24.1 Å². The molecule has 0 spiro atoms. The van der Waals surface area contributed by atoms with Gasteiger partial charge >= 0.3 is 0 Å². The van der Waals surface area contributed by atoms with Crippen molar-refractivity contribution < 1.29 is 4.74 Å². The van der Waals surface area contributed by atoms with Gasteiger partial charge in [-0.3, -0.25) is 0 Å². The highest BCUT2D eigenvalue weighted by Crippen LogP contribution is 2.12. The zero-order chi connectivity index (χ0) is 10.2. The molecule has 0 aliphatic heterocycles. The van der Waals surface area contributed by atoms with E-state index in [9.17, 15) is 0 Å². The van der Waals surface area contributed by atoms with Crippen molar-refractivity contribution in [1.29, 1.82) is 0 Å². The Morgan fingerprint density at radius 3 is 2.93 bits per heavy atom. The summed E-state index contributed by atoms with van der Waals surface area (Å²) in [6, 6.07) is 7.87. The average Bonchev–Trinajstić information content (AvgIpc) is 2.25. The summed E-state index contributed by atoms with van der Waals surface area (Å²) < 4.78 is 5.51. The number of hydrogen-bond acceptors (Lipinski definition) is 2. The van der Waals surface area contributed by atoms with E-state index in [2.05, 4.69) is 13.0 Å². The molecule has 0 aliphatic carbocycles. The van der Waals surface area contributed by atoms with Crippen LogP contribution in [0.25, 0.3) is 0 Å². The van der Waals surface area contributed by atoms with Gasteiger partial charge in [0.2, 0.25) is 0 Å². The minimum Gasteiger partial charge on any atom is -0.490 e. The first-order chi connectivity index (χ1) is 6.86. The van der Waals surface area contributed by atoms with Crippen molar-refractivity contribution in [2.75, 3.05) is 6.61 Å². The smallest absolute Gasteiger partial charge is 0.120 e. The van der Waals surface area contributed by atoms with Gasteiger partial charge in [0.1, 0.15) is 12.4 Å². The van der Waals surface area contributed by atoms with Crippen LogP contribution in [0.4, 0.5) is 0 Å². The molecule has 0 radical (unpaired) electrons. The Balaban J connectivity index is 2.46. The van der Waals surface area contributed by atoms with Gasteiger partial charge in [-0.25, -0.2) is 0 Å². The Hall–Kier alpha value is -1.28. The van der Waals surface area contributed by atoms with E-state index >= 15 is 0 Å². The van der Waals surface area contributed by atoms with E-state index in [0.717, 1.165) is 17.7 Å². The Labute approximate surface area is 85.4 Å². The molecule has 1 aromatic rings. The molecule has 0 aromatic heterocycles. The van der Waals surface area contributed by atoms with Crippen molar-refractivity contribution in [2.45, 2.75) is 19.9 Å². The predicted octanol–water partition coefficient (Wildman–Crippen LogP) is 2.49. The lowest BCUT2D eigenvalue weighted by Crippen LogP contribution is -1.98. The first-order valence-corrected chi connectivity index (χ1v) is 4.93. The van der Waals surface area contributed by atoms with Crippen molar-refractivity contribution in [3.63, 3.8) is 0 Å². The number of rotatable bonds is 5. The van der Waals surface area contributed by atoms with E-state index < -0.39 is 0 Å². The highest BCUT2D eigenvalue weighted by atomic mass is 16.5. The quantitative estimate of drug-likeness (QED) is 0.726. The van der Waals surface area contributed by atoms with Gasteiger partial charge in [-0.1, -0.05) is 31.2 Å². The van der Waals surface area contributed by atoms with E-state index in [-0.39, 0.29) is 0 Å². The maximum Gasteiger partial charge on any atom is 0.120 e. The first-order valence-electron chi connectivity index (χ1n) is 4.93. The molecule has 0 amide bonds. The fourth-order valence-electron chi connectivity index (χ4n) is 1.14. The van der Waals surface area contributed by atoms with Gasteiger partial charge in [-0.15, -0.1) is 0 Å². The largest absolute Gasteiger partial charge is 0.490 e. The molecule has 0 bridgehead atoms. The third-order valence-corrected chi connectivity index (χ3v) is 1.88. The molecule has 0 saturated heterocycles. The van der Waals surface area contributed by atoms with Crippen LogP contribution in [0.15, 0.2) is 36.4 Å². The summed E-state index contributed by atoms with van der Waals surface area (Å²) in [5.74, 6) is 0.883. The van der Waals surface area contributed by atoms with Crippen molar-refractivity contribution in [3.05, 3.63) is 42.0 Å². The first kappa shape index (κ1) is 10.8. The molecule has 2 heteroatoms. The monoisotopic (exact) mass is 191 g/mol. The Kier molecular flexibility index (Phi) is 4.79. The van der Waals surface area contributed by atoms with E-state index in [1.54, 1.807) is 0 Å². The second-order valence-electron chi connectivity index (χ2n) is 3.04. The Bertz CT molecular complexity index is 294. The number of hydrogen-bond donors (Lipinski definition) is 1. The molecule has 2 N–H and O–H groups in total. The van der Waals surface area contributed by atoms with Crippen LogP contribution in [-0.4, -0.2) is 6.61 Å². The molecule has 2 nitrogen and oxygen atoms in total. The van der Waals surface area contributed by atoms with Gasteiger partial charge in [0.15, 0.2) is 0 Å². The van der Waals surface area contributed by atoms with Crippen LogP contribution >= 0.6 is 0 Å². The van der Waals surface area contributed by atoms with Crippen LogP contribution in [-0.2, 0) is 6.54 Å². The van der Waals surface area contributed by atoms with E-state index in [1.165, 1.54) is 0 Å². The van der Waals surface area contributed by atoms with Gasteiger partial charge in [0, 0.05) is 6.54 Å². The third kappa shape index (κ3) is 3.62. The molecule has 0 unspecified atom stereocenters. The fourth-order valence-corrected chi connectivity index (χ4v) is 1.14. The molecule has 0 fully saturated rings. The van der Waals surface area contributed by atoms with Gasteiger partial charge in [0.05, 0.1) is 0 Å². The van der Waals surface area contributed by atoms with E-state index in [0.29, 0.717) is 13.2 Å². The normalized spacial score (nSPS) is 10.7. The molecule has 1 rings (SSSR count). The van der Waals surface area contributed by atoms with E-state index in [1.807, 2.05) is 30.3 Å². The van der Waals surface area contributed by atoms with Crippen LogP contribution in [0.2, 0.25) is 0 Å². The van der Waals surface area contributed by atoms with E-state index in [4.69, 9.17) is 10.5 Å². The second-order valence-corrected chi connectivity index (χ2v) is 3.04. The molecule has 0 aliphatic rings. The maximum atomic E-state index is 5.53. The molecule has 0 saturated carbocycles. The fraction of sp³-hybridized carbons (Fsp3) is 0.333. The van der Waals surface area contributed by atoms with Crippen LogP contribution < -0.4 is 10.5 Å². The average molecular weight is 191 g/mol. The van der Waals surface area contributed by atoms with Crippen molar-refractivity contribution in [2.24, 2.45) is 5.73 Å². The minimum absolute atomic E-state index is 0.558. The summed E-state index contributed by atoms with van der Waals surface area (Å²) >= 11 is 0. The van der Waals surface area contributed by atoms with Gasteiger partial charge < -0.3 is 10.5 Å². The summed E-state index contributed by atoms with van der Waals surface area (Å²) in [5, 5.41) is 0. The standard InChI is InChI=1S/C12H17NO/c1-2-3-4-8-14-12-7-5-6-11(9-12)10-13/h3-7,9H,2,8,10,13H2,1H3. The van der Waals surface area contributed by atoms with Crippen molar-refractivity contribution >= 4 is 0 Å². The van der Waals surface area contributed by atoms with Crippen LogP contribution in [0.3, 0.4) is 0 Å². The van der Waals surface area contributed by atoms with Crippen LogP contribution in [0.1, 0.15) is 18.9 Å². The zero-order valence-electron chi connectivity index (χ0n) is 8.57.